The number of hydrogen-bond donors (Lipinski definition) is 0. The van der Waals surface area contributed by atoms with Crippen LogP contribution in [0.1, 0.15) is 37.0 Å². The molecule has 1 heterocycles. The molecule has 1 fully saturated rings. The van der Waals surface area contributed by atoms with Gasteiger partial charge >= 0.3 is 6.09 Å². The second kappa shape index (κ2) is 5.61. The van der Waals surface area contributed by atoms with Crippen molar-refractivity contribution in [2.45, 2.75) is 25.9 Å². The van der Waals surface area contributed by atoms with Crippen LogP contribution in [-0.4, -0.2) is 30.0 Å². The van der Waals surface area contributed by atoms with Crippen LogP contribution in [0.5, 0.6) is 0 Å². The van der Waals surface area contributed by atoms with Crippen LogP contribution in [0.25, 0.3) is 0 Å². The molecule has 1 amide bonds. The van der Waals surface area contributed by atoms with Gasteiger partial charge in [-0.15, -0.1) is 11.6 Å². The van der Waals surface area contributed by atoms with E-state index >= 15 is 0 Å². The van der Waals surface area contributed by atoms with Gasteiger partial charge in [0.05, 0.1) is 6.54 Å². The molecule has 1 atom stereocenters. The van der Waals surface area contributed by atoms with Gasteiger partial charge in [-0.1, -0.05) is 38.1 Å². The van der Waals surface area contributed by atoms with Crippen LogP contribution in [0.15, 0.2) is 24.3 Å². The lowest BCUT2D eigenvalue weighted by Gasteiger charge is -2.11. The number of amides is 1. The highest BCUT2D eigenvalue weighted by Crippen LogP contribution is 2.27. The number of carbonyl (C=O) groups is 1. The monoisotopic (exact) mass is 267 g/mol. The van der Waals surface area contributed by atoms with Crippen molar-refractivity contribution in [2.24, 2.45) is 0 Å². The molecular formula is C14H18ClNO2. The van der Waals surface area contributed by atoms with Gasteiger partial charge in [-0.3, -0.25) is 0 Å². The first-order chi connectivity index (χ1) is 8.61. The Hall–Kier alpha value is -1.22. The number of benzene rings is 1. The minimum atomic E-state index is -0.270. The topological polar surface area (TPSA) is 29.5 Å². The summed E-state index contributed by atoms with van der Waals surface area (Å²) in [5.74, 6) is 0.951. The van der Waals surface area contributed by atoms with Gasteiger partial charge in [0, 0.05) is 12.4 Å². The van der Waals surface area contributed by atoms with Crippen LogP contribution in [0, 0.1) is 0 Å². The molecule has 1 saturated heterocycles. The van der Waals surface area contributed by atoms with Gasteiger partial charge in [0.2, 0.25) is 0 Å². The molecule has 98 valence electrons. The van der Waals surface area contributed by atoms with Gasteiger partial charge in [-0.05, 0) is 17.0 Å². The Balaban J connectivity index is 2.07. The average Bonchev–Trinajstić information content (AvgIpc) is 2.72. The lowest BCUT2D eigenvalue weighted by molar-refractivity contribution is 0.133. The highest BCUT2D eigenvalue weighted by Gasteiger charge is 2.31. The predicted molar refractivity (Wildman–Crippen MR) is 72.0 cm³/mol. The summed E-state index contributed by atoms with van der Waals surface area (Å²) < 4.78 is 5.34. The Morgan fingerprint density at radius 1 is 1.39 bits per heavy atom. The number of cyclic esters (lactones) is 1. The van der Waals surface area contributed by atoms with E-state index in [0.29, 0.717) is 24.9 Å². The van der Waals surface area contributed by atoms with E-state index < -0.39 is 0 Å². The fourth-order valence-electron chi connectivity index (χ4n) is 2.06. The lowest BCUT2D eigenvalue weighted by Crippen LogP contribution is -2.26. The highest BCUT2D eigenvalue weighted by atomic mass is 35.5. The Bertz CT molecular complexity index is 416. The van der Waals surface area contributed by atoms with Crippen LogP contribution in [0.3, 0.4) is 0 Å². The summed E-state index contributed by atoms with van der Waals surface area (Å²) >= 11 is 5.65. The summed E-state index contributed by atoms with van der Waals surface area (Å²) in [7, 11) is 0. The van der Waals surface area contributed by atoms with E-state index in [9.17, 15) is 4.79 Å². The normalized spacial score (nSPS) is 19.4. The highest BCUT2D eigenvalue weighted by molar-refractivity contribution is 6.18. The average molecular weight is 268 g/mol. The number of carbonyl (C=O) groups excluding carboxylic acids is 1. The van der Waals surface area contributed by atoms with E-state index in [1.165, 1.54) is 5.56 Å². The zero-order chi connectivity index (χ0) is 13.1. The molecule has 3 nitrogen and oxygen atoms in total. The van der Waals surface area contributed by atoms with E-state index in [0.717, 1.165) is 5.56 Å². The van der Waals surface area contributed by atoms with Crippen LogP contribution >= 0.6 is 11.6 Å². The Morgan fingerprint density at radius 3 is 2.61 bits per heavy atom. The van der Waals surface area contributed by atoms with Crippen molar-refractivity contribution in [3.63, 3.8) is 0 Å². The van der Waals surface area contributed by atoms with Crippen LogP contribution in [0.2, 0.25) is 0 Å². The van der Waals surface area contributed by atoms with Crippen molar-refractivity contribution in [3.8, 4) is 0 Å². The Labute approximate surface area is 113 Å². The molecule has 0 aliphatic carbocycles. The molecule has 2 rings (SSSR count). The van der Waals surface area contributed by atoms with Gasteiger partial charge in [-0.2, -0.15) is 0 Å². The minimum Gasteiger partial charge on any atom is -0.439 e. The Morgan fingerprint density at radius 2 is 2.06 bits per heavy atom. The van der Waals surface area contributed by atoms with Gasteiger partial charge < -0.3 is 9.64 Å². The molecule has 1 unspecified atom stereocenters. The summed E-state index contributed by atoms with van der Waals surface area (Å²) in [4.78, 5) is 13.2. The number of rotatable bonds is 4. The molecule has 1 aliphatic rings. The van der Waals surface area contributed by atoms with Crippen LogP contribution in [-0.2, 0) is 4.74 Å². The van der Waals surface area contributed by atoms with Crippen molar-refractivity contribution < 1.29 is 9.53 Å². The fourth-order valence-corrected chi connectivity index (χ4v) is 2.27. The van der Waals surface area contributed by atoms with Crippen molar-refractivity contribution >= 4 is 17.7 Å². The largest absolute Gasteiger partial charge is 0.439 e. The van der Waals surface area contributed by atoms with Crippen LogP contribution in [0.4, 0.5) is 4.79 Å². The quantitative estimate of drug-likeness (QED) is 0.781. The SMILES string of the molecule is CC(C)c1ccc(C2CN(CCCl)C(=O)O2)cc1. The molecule has 1 aromatic carbocycles. The molecule has 0 saturated carbocycles. The smallest absolute Gasteiger partial charge is 0.410 e. The standard InChI is InChI=1S/C14H18ClNO2/c1-10(2)11-3-5-12(6-4-11)13-9-16(8-7-15)14(17)18-13/h3-6,10,13H,7-9H2,1-2H3. The maximum absolute atomic E-state index is 11.6. The maximum atomic E-state index is 11.6. The second-order valence-electron chi connectivity index (χ2n) is 4.83. The zero-order valence-corrected chi connectivity index (χ0v) is 11.5. The molecule has 1 aliphatic heterocycles. The summed E-state index contributed by atoms with van der Waals surface area (Å²) in [6.07, 6.45) is -0.435. The number of halogens is 1. The third kappa shape index (κ3) is 2.78. The zero-order valence-electron chi connectivity index (χ0n) is 10.7. The molecule has 0 spiro atoms. The van der Waals surface area contributed by atoms with Crippen molar-refractivity contribution in [1.82, 2.24) is 4.90 Å². The van der Waals surface area contributed by atoms with E-state index in [2.05, 4.69) is 26.0 Å². The van der Waals surface area contributed by atoms with E-state index in [-0.39, 0.29) is 12.2 Å². The molecule has 0 bridgehead atoms. The molecule has 0 radical (unpaired) electrons. The van der Waals surface area contributed by atoms with Crippen molar-refractivity contribution in [2.75, 3.05) is 19.0 Å². The summed E-state index contributed by atoms with van der Waals surface area (Å²) in [5, 5.41) is 0. The van der Waals surface area contributed by atoms with E-state index in [4.69, 9.17) is 16.3 Å². The first-order valence-corrected chi connectivity index (χ1v) is 6.76. The first kappa shape index (κ1) is 13.2. The van der Waals surface area contributed by atoms with Gasteiger partial charge in [0.15, 0.2) is 0 Å². The van der Waals surface area contributed by atoms with Gasteiger partial charge in [0.1, 0.15) is 6.10 Å². The second-order valence-corrected chi connectivity index (χ2v) is 5.21. The molecule has 1 aromatic rings. The number of nitrogens with zero attached hydrogens (tertiary/aromatic N) is 1. The van der Waals surface area contributed by atoms with Crippen molar-refractivity contribution in [1.29, 1.82) is 0 Å². The summed E-state index contributed by atoms with van der Waals surface area (Å²) in [5.41, 5.74) is 2.34. The third-order valence-electron chi connectivity index (χ3n) is 3.22. The first-order valence-electron chi connectivity index (χ1n) is 6.23. The van der Waals surface area contributed by atoms with Crippen molar-refractivity contribution in [3.05, 3.63) is 35.4 Å². The van der Waals surface area contributed by atoms with Gasteiger partial charge in [-0.25, -0.2) is 4.79 Å². The summed E-state index contributed by atoms with van der Waals surface area (Å²) in [6, 6.07) is 8.27. The molecule has 0 aromatic heterocycles. The van der Waals surface area contributed by atoms with E-state index in [1.54, 1.807) is 4.90 Å². The molecule has 4 heteroatoms. The van der Waals surface area contributed by atoms with Crippen LogP contribution < -0.4 is 0 Å². The summed E-state index contributed by atoms with van der Waals surface area (Å²) in [6.45, 7) is 5.45. The van der Waals surface area contributed by atoms with Gasteiger partial charge in [0.25, 0.3) is 0 Å². The predicted octanol–water partition coefficient (Wildman–Crippen LogP) is 3.54. The maximum Gasteiger partial charge on any atom is 0.410 e. The molecule has 0 N–H and O–H groups in total. The number of alkyl halides is 1. The lowest BCUT2D eigenvalue weighted by atomic mass is 10.00. The minimum absolute atomic E-state index is 0.165. The number of hydrogen-bond acceptors (Lipinski definition) is 2. The number of ether oxygens (including phenoxy) is 1. The Kier molecular flexibility index (Phi) is 4.12. The fraction of sp³-hybridized carbons (Fsp3) is 0.500. The molecule has 18 heavy (non-hydrogen) atoms. The molecular weight excluding hydrogens is 250 g/mol. The third-order valence-corrected chi connectivity index (χ3v) is 3.39. The van der Waals surface area contributed by atoms with E-state index in [1.807, 2.05) is 12.1 Å².